The van der Waals surface area contributed by atoms with Gasteiger partial charge in [-0.05, 0) is 24.3 Å². The van der Waals surface area contributed by atoms with Crippen molar-refractivity contribution in [2.24, 2.45) is 7.05 Å². The maximum absolute atomic E-state index is 13.1. The second-order valence-electron chi connectivity index (χ2n) is 3.19. The minimum atomic E-state index is -0.504. The number of aldehydes is 1. The minimum Gasteiger partial charge on any atom is -0.298 e. The Hall–Kier alpha value is -1.97. The number of hydrogen-bond donors (Lipinski definition) is 0. The van der Waals surface area contributed by atoms with Gasteiger partial charge in [-0.15, -0.1) is 0 Å². The Kier molecular flexibility index (Phi) is 2.33. The van der Waals surface area contributed by atoms with Crippen molar-refractivity contribution < 1.29 is 9.18 Å². The molecule has 0 aliphatic heterocycles. The molecule has 0 N–H and O–H groups in total. The van der Waals surface area contributed by atoms with E-state index in [1.807, 2.05) is 6.07 Å². The van der Waals surface area contributed by atoms with Gasteiger partial charge >= 0.3 is 0 Å². The van der Waals surface area contributed by atoms with Crippen molar-refractivity contribution >= 4 is 6.29 Å². The van der Waals surface area contributed by atoms with Crippen LogP contribution >= 0.6 is 0 Å². The lowest BCUT2D eigenvalue weighted by Gasteiger charge is -2.03. The molecule has 15 heavy (non-hydrogen) atoms. The zero-order valence-electron chi connectivity index (χ0n) is 8.14. The summed E-state index contributed by atoms with van der Waals surface area (Å²) in [6, 6.07) is 6.23. The molecule has 0 amide bonds. The monoisotopic (exact) mass is 204 g/mol. The number of nitrogens with zero attached hydrogens (tertiary/aromatic N) is 2. The van der Waals surface area contributed by atoms with Crippen LogP contribution in [0.3, 0.4) is 0 Å². The van der Waals surface area contributed by atoms with Gasteiger partial charge in [-0.1, -0.05) is 0 Å². The first-order valence-electron chi connectivity index (χ1n) is 4.45. The van der Waals surface area contributed by atoms with Gasteiger partial charge in [-0.3, -0.25) is 9.48 Å². The summed E-state index contributed by atoms with van der Waals surface area (Å²) in [7, 11) is 1.79. The molecule has 0 aliphatic carbocycles. The fourth-order valence-corrected chi connectivity index (χ4v) is 1.45. The van der Waals surface area contributed by atoms with Gasteiger partial charge in [0.05, 0.1) is 11.3 Å². The smallest absolute Gasteiger partial charge is 0.153 e. The van der Waals surface area contributed by atoms with Crippen LogP contribution < -0.4 is 0 Å². The highest BCUT2D eigenvalue weighted by Gasteiger charge is 2.06. The summed E-state index contributed by atoms with van der Waals surface area (Å²) in [5.74, 6) is -0.504. The van der Waals surface area contributed by atoms with E-state index < -0.39 is 5.82 Å². The average molecular weight is 204 g/mol. The molecule has 2 rings (SSSR count). The molecule has 0 atom stereocenters. The van der Waals surface area contributed by atoms with Crippen molar-refractivity contribution in [1.82, 2.24) is 9.78 Å². The third-order valence-electron chi connectivity index (χ3n) is 2.24. The molecule has 0 aliphatic rings. The Labute approximate surface area is 86.2 Å². The molecule has 4 heteroatoms. The van der Waals surface area contributed by atoms with Crippen LogP contribution in [0.1, 0.15) is 10.4 Å². The molecule has 0 saturated carbocycles. The number of halogens is 1. The highest BCUT2D eigenvalue weighted by Crippen LogP contribution is 2.20. The van der Waals surface area contributed by atoms with Gasteiger partial charge in [-0.2, -0.15) is 5.10 Å². The third kappa shape index (κ3) is 1.66. The zero-order valence-corrected chi connectivity index (χ0v) is 8.14. The summed E-state index contributed by atoms with van der Waals surface area (Å²) in [6.07, 6.45) is 2.16. The lowest BCUT2D eigenvalue weighted by Crippen LogP contribution is -1.95. The highest BCUT2D eigenvalue weighted by molar-refractivity contribution is 5.78. The van der Waals surface area contributed by atoms with E-state index in [1.54, 1.807) is 24.0 Å². The van der Waals surface area contributed by atoms with Crippen molar-refractivity contribution in [2.45, 2.75) is 0 Å². The molecule has 1 aromatic heterocycles. The van der Waals surface area contributed by atoms with Gasteiger partial charge < -0.3 is 0 Å². The molecule has 0 bridgehead atoms. The molecule has 2 aromatic rings. The molecule has 0 spiro atoms. The van der Waals surface area contributed by atoms with Crippen molar-refractivity contribution in [1.29, 1.82) is 0 Å². The Morgan fingerprint density at radius 1 is 1.40 bits per heavy atom. The van der Waals surface area contributed by atoms with Crippen molar-refractivity contribution in [3.05, 3.63) is 41.8 Å². The molecule has 1 aromatic carbocycles. The van der Waals surface area contributed by atoms with Gasteiger partial charge in [0.2, 0.25) is 0 Å². The van der Waals surface area contributed by atoms with Crippen LogP contribution in [0, 0.1) is 5.82 Å². The lowest BCUT2D eigenvalue weighted by molar-refractivity contribution is 0.112. The molecule has 0 saturated heterocycles. The van der Waals surface area contributed by atoms with Gasteiger partial charge in [0.25, 0.3) is 0 Å². The molecular formula is C11H9FN2O. The predicted molar refractivity (Wildman–Crippen MR) is 54.0 cm³/mol. The van der Waals surface area contributed by atoms with Crippen LogP contribution in [-0.4, -0.2) is 16.1 Å². The number of hydrogen-bond acceptors (Lipinski definition) is 2. The molecule has 3 nitrogen and oxygen atoms in total. The normalized spacial score (nSPS) is 10.3. The summed E-state index contributed by atoms with van der Waals surface area (Å²) >= 11 is 0. The first-order chi connectivity index (χ1) is 7.22. The van der Waals surface area contributed by atoms with Crippen LogP contribution in [0.5, 0.6) is 0 Å². The van der Waals surface area contributed by atoms with E-state index in [0.717, 1.165) is 11.3 Å². The standard InChI is InChI=1S/C11H9FN2O/c1-14-11(4-5-13-14)8-2-3-10(12)9(6-8)7-15/h2-7H,1H3. The van der Waals surface area contributed by atoms with Crippen LogP contribution in [0.4, 0.5) is 4.39 Å². The molecule has 0 radical (unpaired) electrons. The lowest BCUT2D eigenvalue weighted by atomic mass is 10.1. The summed E-state index contributed by atoms with van der Waals surface area (Å²) in [4.78, 5) is 10.6. The molecule has 76 valence electrons. The number of carbonyl (C=O) groups is 1. The summed E-state index contributed by atoms with van der Waals surface area (Å²) < 4.78 is 14.7. The molecule has 0 fully saturated rings. The van der Waals surface area contributed by atoms with Crippen LogP contribution in [0.2, 0.25) is 0 Å². The second-order valence-corrected chi connectivity index (χ2v) is 3.19. The maximum atomic E-state index is 13.1. The molecule has 0 unspecified atom stereocenters. The van der Waals surface area contributed by atoms with E-state index in [4.69, 9.17) is 0 Å². The number of aromatic nitrogens is 2. The van der Waals surface area contributed by atoms with Crippen molar-refractivity contribution in [2.75, 3.05) is 0 Å². The minimum absolute atomic E-state index is 0.0636. The maximum Gasteiger partial charge on any atom is 0.153 e. The Bertz CT molecular complexity index is 505. The van der Waals surface area contributed by atoms with Gasteiger partial charge in [0, 0.05) is 18.8 Å². The summed E-state index contributed by atoms with van der Waals surface area (Å²) in [6.45, 7) is 0. The van der Waals surface area contributed by atoms with E-state index in [9.17, 15) is 9.18 Å². The first-order valence-corrected chi connectivity index (χ1v) is 4.45. The summed E-state index contributed by atoms with van der Waals surface area (Å²) in [5.41, 5.74) is 1.69. The highest BCUT2D eigenvalue weighted by atomic mass is 19.1. The predicted octanol–water partition coefficient (Wildman–Crippen LogP) is 2.04. The van der Waals surface area contributed by atoms with Crippen LogP contribution in [0.15, 0.2) is 30.5 Å². The van der Waals surface area contributed by atoms with Crippen molar-refractivity contribution in [3.8, 4) is 11.3 Å². The average Bonchev–Trinajstić information content (AvgIpc) is 2.65. The molecular weight excluding hydrogens is 195 g/mol. The second kappa shape index (κ2) is 3.65. The quantitative estimate of drug-likeness (QED) is 0.701. The van der Waals surface area contributed by atoms with Crippen LogP contribution in [0.25, 0.3) is 11.3 Å². The number of rotatable bonds is 2. The van der Waals surface area contributed by atoms with E-state index in [1.165, 1.54) is 12.1 Å². The fraction of sp³-hybridized carbons (Fsp3) is 0.0909. The Morgan fingerprint density at radius 2 is 2.20 bits per heavy atom. The van der Waals surface area contributed by atoms with Gasteiger partial charge in [-0.25, -0.2) is 4.39 Å². The van der Waals surface area contributed by atoms with E-state index in [-0.39, 0.29) is 5.56 Å². The zero-order chi connectivity index (χ0) is 10.8. The van der Waals surface area contributed by atoms with E-state index in [0.29, 0.717) is 6.29 Å². The fourth-order valence-electron chi connectivity index (χ4n) is 1.45. The van der Waals surface area contributed by atoms with Gasteiger partial charge in [0.15, 0.2) is 6.29 Å². The van der Waals surface area contributed by atoms with E-state index >= 15 is 0 Å². The third-order valence-corrected chi connectivity index (χ3v) is 2.24. The Balaban J connectivity index is 2.55. The SMILES string of the molecule is Cn1nccc1-c1ccc(F)c(C=O)c1. The molecule has 1 heterocycles. The van der Waals surface area contributed by atoms with Crippen LogP contribution in [-0.2, 0) is 7.05 Å². The summed E-state index contributed by atoms with van der Waals surface area (Å²) in [5, 5.41) is 4.01. The van der Waals surface area contributed by atoms with Gasteiger partial charge in [0.1, 0.15) is 5.82 Å². The van der Waals surface area contributed by atoms with E-state index in [2.05, 4.69) is 5.10 Å². The topological polar surface area (TPSA) is 34.9 Å². The number of carbonyl (C=O) groups excluding carboxylic acids is 1. The number of aryl methyl sites for hydroxylation is 1. The first kappa shape index (κ1) is 9.58. The largest absolute Gasteiger partial charge is 0.298 e. The van der Waals surface area contributed by atoms with Crippen molar-refractivity contribution in [3.63, 3.8) is 0 Å². The number of benzene rings is 1. The Morgan fingerprint density at radius 3 is 2.80 bits per heavy atom.